The largest absolute Gasteiger partial charge is 0.461 e. The Hall–Kier alpha value is -0.610. The average molecular weight is 185 g/mol. The second-order valence-electron chi connectivity index (χ2n) is 3.91. The zero-order chi connectivity index (χ0) is 9.42. The number of carbonyl (C=O) groups is 1. The van der Waals surface area contributed by atoms with E-state index in [2.05, 4.69) is 5.32 Å². The minimum absolute atomic E-state index is 0.0362. The zero-order valence-electron chi connectivity index (χ0n) is 7.69. The van der Waals surface area contributed by atoms with E-state index in [-0.39, 0.29) is 30.3 Å². The molecule has 2 aliphatic rings. The number of hydrogen-bond donors (Lipinski definition) is 2. The molecule has 0 aromatic heterocycles. The van der Waals surface area contributed by atoms with Crippen molar-refractivity contribution in [2.24, 2.45) is 0 Å². The maximum Gasteiger partial charge on any atom is 0.302 e. The first kappa shape index (κ1) is 8.97. The van der Waals surface area contributed by atoms with Crippen LogP contribution in [0.5, 0.6) is 0 Å². The van der Waals surface area contributed by atoms with E-state index < -0.39 is 0 Å². The van der Waals surface area contributed by atoms with Crippen LogP contribution in [0.3, 0.4) is 0 Å². The minimum atomic E-state index is -0.259. The van der Waals surface area contributed by atoms with Crippen LogP contribution in [0.4, 0.5) is 0 Å². The Morgan fingerprint density at radius 3 is 2.92 bits per heavy atom. The van der Waals surface area contributed by atoms with E-state index in [1.54, 1.807) is 0 Å². The van der Waals surface area contributed by atoms with Gasteiger partial charge in [0.15, 0.2) is 0 Å². The predicted molar refractivity (Wildman–Crippen MR) is 46.1 cm³/mol. The molecule has 13 heavy (non-hydrogen) atoms. The average Bonchev–Trinajstić information content (AvgIpc) is 2.34. The van der Waals surface area contributed by atoms with Gasteiger partial charge in [0.1, 0.15) is 6.10 Å². The van der Waals surface area contributed by atoms with Crippen LogP contribution in [0.2, 0.25) is 0 Å². The molecule has 2 saturated heterocycles. The molecular weight excluding hydrogens is 170 g/mol. The number of nitrogens with one attached hydrogen (secondary N) is 1. The molecule has 0 aromatic rings. The van der Waals surface area contributed by atoms with Gasteiger partial charge in [-0.25, -0.2) is 0 Å². The number of carbonyl (C=O) groups excluding carboxylic acids is 1. The van der Waals surface area contributed by atoms with Crippen molar-refractivity contribution in [2.75, 3.05) is 0 Å². The Bertz CT molecular complexity index is 217. The van der Waals surface area contributed by atoms with Gasteiger partial charge in [-0.05, 0) is 19.3 Å². The number of esters is 1. The van der Waals surface area contributed by atoms with Crippen LogP contribution >= 0.6 is 0 Å². The number of aliphatic hydroxyl groups is 1. The van der Waals surface area contributed by atoms with E-state index in [1.165, 1.54) is 6.92 Å². The van der Waals surface area contributed by atoms with E-state index in [4.69, 9.17) is 4.74 Å². The number of hydrogen-bond acceptors (Lipinski definition) is 4. The third-order valence-corrected chi connectivity index (χ3v) is 2.92. The first-order chi connectivity index (χ1) is 6.16. The maximum atomic E-state index is 10.8. The van der Waals surface area contributed by atoms with Gasteiger partial charge >= 0.3 is 5.97 Å². The van der Waals surface area contributed by atoms with Crippen LogP contribution in [0, 0.1) is 0 Å². The van der Waals surface area contributed by atoms with Crippen LogP contribution in [0.1, 0.15) is 26.2 Å². The van der Waals surface area contributed by atoms with Crippen LogP contribution in [0.25, 0.3) is 0 Å². The summed E-state index contributed by atoms with van der Waals surface area (Å²) in [5.41, 5.74) is 0. The highest BCUT2D eigenvalue weighted by molar-refractivity contribution is 5.66. The van der Waals surface area contributed by atoms with E-state index in [0.29, 0.717) is 6.42 Å². The summed E-state index contributed by atoms with van der Waals surface area (Å²) < 4.78 is 5.16. The standard InChI is InChI=1S/C9H15NO3/c1-5(11)13-9-3-2-6-8(12)4-7(9)10-6/h6-10,12H,2-4H2,1H3. The van der Waals surface area contributed by atoms with Crippen LogP contribution in [-0.2, 0) is 9.53 Å². The quantitative estimate of drug-likeness (QED) is 0.556. The van der Waals surface area contributed by atoms with Crippen molar-refractivity contribution in [1.29, 1.82) is 0 Å². The van der Waals surface area contributed by atoms with E-state index in [0.717, 1.165) is 12.8 Å². The number of aliphatic hydroxyl groups excluding tert-OH is 1. The highest BCUT2D eigenvalue weighted by Crippen LogP contribution is 2.29. The second kappa shape index (κ2) is 3.27. The van der Waals surface area contributed by atoms with Crippen molar-refractivity contribution in [2.45, 2.75) is 50.5 Å². The van der Waals surface area contributed by atoms with Crippen molar-refractivity contribution >= 4 is 5.97 Å². The lowest BCUT2D eigenvalue weighted by atomic mass is 10.0. The molecule has 2 rings (SSSR count). The lowest BCUT2D eigenvalue weighted by Gasteiger charge is -2.29. The molecular formula is C9H15NO3. The molecule has 2 aliphatic heterocycles. The molecule has 4 atom stereocenters. The molecule has 2 bridgehead atoms. The monoisotopic (exact) mass is 185 g/mol. The van der Waals surface area contributed by atoms with Crippen LogP contribution in [-0.4, -0.2) is 35.4 Å². The Labute approximate surface area is 77.3 Å². The summed E-state index contributed by atoms with van der Waals surface area (Å²) in [7, 11) is 0. The zero-order valence-corrected chi connectivity index (χ0v) is 7.69. The van der Waals surface area contributed by atoms with Crippen LogP contribution < -0.4 is 5.32 Å². The van der Waals surface area contributed by atoms with Gasteiger partial charge in [-0.2, -0.15) is 0 Å². The maximum absolute atomic E-state index is 10.8. The lowest BCUT2D eigenvalue weighted by Crippen LogP contribution is -2.46. The number of rotatable bonds is 1. The van der Waals surface area contributed by atoms with Crippen molar-refractivity contribution in [3.8, 4) is 0 Å². The van der Waals surface area contributed by atoms with Crippen molar-refractivity contribution < 1.29 is 14.6 Å². The van der Waals surface area contributed by atoms with Crippen LogP contribution in [0.15, 0.2) is 0 Å². The molecule has 0 amide bonds. The molecule has 0 radical (unpaired) electrons. The molecule has 0 spiro atoms. The Morgan fingerprint density at radius 1 is 1.46 bits per heavy atom. The number of ether oxygens (including phenoxy) is 1. The van der Waals surface area contributed by atoms with Gasteiger partial charge in [-0.1, -0.05) is 0 Å². The molecule has 2 heterocycles. The summed E-state index contributed by atoms with van der Waals surface area (Å²) >= 11 is 0. The molecule has 0 aromatic carbocycles. The first-order valence-corrected chi connectivity index (χ1v) is 4.78. The summed E-state index contributed by atoms with van der Waals surface area (Å²) in [5, 5.41) is 12.8. The highest BCUT2D eigenvalue weighted by atomic mass is 16.5. The summed E-state index contributed by atoms with van der Waals surface area (Å²) in [5.74, 6) is -0.230. The third kappa shape index (κ3) is 1.69. The Morgan fingerprint density at radius 2 is 2.23 bits per heavy atom. The lowest BCUT2D eigenvalue weighted by molar-refractivity contribution is -0.148. The Kier molecular flexibility index (Phi) is 2.26. The summed E-state index contributed by atoms with van der Waals surface area (Å²) in [6, 6.07) is 0.384. The van der Waals surface area contributed by atoms with Gasteiger partial charge in [-0.15, -0.1) is 0 Å². The fraction of sp³-hybridized carbons (Fsp3) is 0.889. The normalized spacial score (nSPS) is 43.2. The summed E-state index contributed by atoms with van der Waals surface area (Å²) in [4.78, 5) is 10.8. The van der Waals surface area contributed by atoms with Crippen molar-refractivity contribution in [1.82, 2.24) is 5.32 Å². The fourth-order valence-corrected chi connectivity index (χ4v) is 2.31. The van der Waals surface area contributed by atoms with Gasteiger partial charge in [0.25, 0.3) is 0 Å². The topological polar surface area (TPSA) is 58.6 Å². The first-order valence-electron chi connectivity index (χ1n) is 4.78. The van der Waals surface area contributed by atoms with Crippen molar-refractivity contribution in [3.05, 3.63) is 0 Å². The predicted octanol–water partition coefficient (Wildman–Crippen LogP) is -0.197. The van der Waals surface area contributed by atoms with E-state index in [9.17, 15) is 9.90 Å². The number of piperidine rings is 1. The fourth-order valence-electron chi connectivity index (χ4n) is 2.31. The Balaban J connectivity index is 1.97. The third-order valence-electron chi connectivity index (χ3n) is 2.92. The molecule has 74 valence electrons. The number of fused-ring (bicyclic) bond motifs is 2. The van der Waals surface area contributed by atoms with Gasteiger partial charge < -0.3 is 15.2 Å². The summed E-state index contributed by atoms with van der Waals surface area (Å²) in [6.07, 6.45) is 2.19. The van der Waals surface area contributed by atoms with E-state index >= 15 is 0 Å². The SMILES string of the molecule is CC(=O)OC1CCC2NC1CC2O. The molecule has 0 aliphatic carbocycles. The summed E-state index contributed by atoms with van der Waals surface area (Å²) in [6.45, 7) is 1.43. The molecule has 4 heteroatoms. The van der Waals surface area contributed by atoms with Gasteiger partial charge in [0, 0.05) is 19.0 Å². The van der Waals surface area contributed by atoms with Gasteiger partial charge in [0.05, 0.1) is 6.10 Å². The highest BCUT2D eigenvalue weighted by Gasteiger charge is 2.42. The molecule has 4 unspecified atom stereocenters. The second-order valence-corrected chi connectivity index (χ2v) is 3.91. The van der Waals surface area contributed by atoms with E-state index in [1.807, 2.05) is 0 Å². The molecule has 2 fully saturated rings. The molecule has 4 nitrogen and oxygen atoms in total. The molecule has 0 saturated carbocycles. The molecule has 2 N–H and O–H groups in total. The van der Waals surface area contributed by atoms with Gasteiger partial charge in [-0.3, -0.25) is 4.79 Å². The minimum Gasteiger partial charge on any atom is -0.461 e. The van der Waals surface area contributed by atoms with Gasteiger partial charge in [0.2, 0.25) is 0 Å². The smallest absolute Gasteiger partial charge is 0.302 e. The van der Waals surface area contributed by atoms with Crippen molar-refractivity contribution in [3.63, 3.8) is 0 Å².